The molecule has 1 fully saturated rings. The van der Waals surface area contributed by atoms with Gasteiger partial charge in [0.1, 0.15) is 17.1 Å². The molecule has 5 rings (SSSR count). The van der Waals surface area contributed by atoms with E-state index in [1.165, 1.54) is 30.5 Å². The summed E-state index contributed by atoms with van der Waals surface area (Å²) in [4.78, 5) is 31.0. The molecule has 1 amide bonds. The predicted molar refractivity (Wildman–Crippen MR) is 147 cm³/mol. The molecule has 40 heavy (non-hydrogen) atoms. The number of aryl methyl sites for hydroxylation is 1. The normalized spacial score (nSPS) is 15.6. The summed E-state index contributed by atoms with van der Waals surface area (Å²) in [6.45, 7) is 1.35. The van der Waals surface area contributed by atoms with Crippen molar-refractivity contribution in [3.05, 3.63) is 86.6 Å². The summed E-state index contributed by atoms with van der Waals surface area (Å²) in [5.74, 6) is -0.563. The molecule has 0 spiro atoms. The zero-order chi connectivity index (χ0) is 28.3. The third-order valence-corrected chi connectivity index (χ3v) is 8.02. The Morgan fingerprint density at radius 2 is 2.05 bits per heavy atom. The number of aromatic amines is 1. The topological polar surface area (TPSA) is 163 Å². The number of aromatic nitrogens is 2. The number of nitrogens with zero attached hydrogens (tertiary/aromatic N) is 2. The van der Waals surface area contributed by atoms with Crippen LogP contribution in [-0.2, 0) is 25.9 Å². The molecule has 0 aliphatic carbocycles. The first kappa shape index (κ1) is 27.7. The van der Waals surface area contributed by atoms with Crippen molar-refractivity contribution in [2.75, 3.05) is 19.8 Å². The first-order valence-electron chi connectivity index (χ1n) is 12.1. The van der Waals surface area contributed by atoms with Gasteiger partial charge in [0, 0.05) is 27.7 Å². The van der Waals surface area contributed by atoms with Crippen LogP contribution < -0.4 is 9.46 Å². The van der Waals surface area contributed by atoms with Gasteiger partial charge in [0.25, 0.3) is 21.6 Å². The van der Waals surface area contributed by atoms with E-state index in [1.54, 1.807) is 24.4 Å². The standard InChI is InChI=1S/C26H23BrN4O8S/c27-18-3-6-22(24(12-18)39-20-11-17-7-8-28-25(17)29-14-20)26(32)30-40(35,36)21-5-2-16(23(13-21)31(33)34)1-4-19-15-37-9-10-38-19/h2-3,5-8,11-14,19H,1,4,9-10,15H2,(H,28,29)(H,30,32)/t19-/m0/s1. The molecular weight excluding hydrogens is 608 g/mol. The number of H-pyrrole nitrogens is 1. The fourth-order valence-electron chi connectivity index (χ4n) is 4.22. The minimum atomic E-state index is -4.47. The van der Waals surface area contributed by atoms with Crippen molar-refractivity contribution in [1.82, 2.24) is 14.7 Å². The number of sulfonamides is 1. The number of ether oxygens (including phenoxy) is 3. The summed E-state index contributed by atoms with van der Waals surface area (Å²) in [6.07, 6.45) is 3.76. The molecule has 0 bridgehead atoms. The summed E-state index contributed by atoms with van der Waals surface area (Å²) in [7, 11) is -4.47. The van der Waals surface area contributed by atoms with Gasteiger partial charge in [-0.15, -0.1) is 0 Å². The van der Waals surface area contributed by atoms with Gasteiger partial charge in [0.15, 0.2) is 0 Å². The maximum atomic E-state index is 13.1. The second kappa shape index (κ2) is 11.7. The molecule has 2 aromatic heterocycles. The maximum absolute atomic E-state index is 13.1. The van der Waals surface area contributed by atoms with Gasteiger partial charge in [-0.2, -0.15) is 0 Å². The molecule has 208 valence electrons. The molecule has 0 unspecified atom stereocenters. The number of pyridine rings is 1. The Hall–Kier alpha value is -3.85. The second-order valence-electron chi connectivity index (χ2n) is 8.92. The van der Waals surface area contributed by atoms with Crippen LogP contribution in [0.3, 0.4) is 0 Å². The minimum Gasteiger partial charge on any atom is -0.455 e. The third-order valence-electron chi connectivity index (χ3n) is 6.20. The Bertz CT molecular complexity index is 1690. The van der Waals surface area contributed by atoms with E-state index < -0.39 is 25.7 Å². The van der Waals surface area contributed by atoms with Crippen molar-refractivity contribution in [1.29, 1.82) is 0 Å². The lowest BCUT2D eigenvalue weighted by atomic mass is 10.0. The summed E-state index contributed by atoms with van der Waals surface area (Å²) in [6, 6.07) is 11.5. The van der Waals surface area contributed by atoms with Crippen molar-refractivity contribution in [2.24, 2.45) is 0 Å². The fraction of sp³-hybridized carbons (Fsp3) is 0.231. The lowest BCUT2D eigenvalue weighted by Crippen LogP contribution is -2.31. The number of nitro groups is 1. The molecule has 4 aromatic rings. The van der Waals surface area contributed by atoms with Crippen LogP contribution in [0.15, 0.2) is 70.3 Å². The molecule has 14 heteroatoms. The van der Waals surface area contributed by atoms with Crippen LogP contribution in [0.25, 0.3) is 11.0 Å². The van der Waals surface area contributed by atoms with Gasteiger partial charge in [0.05, 0.1) is 47.5 Å². The molecule has 2 aromatic carbocycles. The number of nitro benzene ring substituents is 1. The molecule has 3 heterocycles. The summed E-state index contributed by atoms with van der Waals surface area (Å²) < 4.78 is 45.6. The Morgan fingerprint density at radius 3 is 2.83 bits per heavy atom. The number of benzene rings is 2. The van der Waals surface area contributed by atoms with E-state index in [2.05, 4.69) is 25.9 Å². The molecular formula is C26H23BrN4O8S. The van der Waals surface area contributed by atoms with Crippen LogP contribution in [0, 0.1) is 10.1 Å². The highest BCUT2D eigenvalue weighted by atomic mass is 79.9. The SMILES string of the molecule is O=C(NS(=O)(=O)c1ccc(CC[C@H]2COCCO2)c([N+](=O)[O-])c1)c1ccc(Br)cc1Oc1cnc2[nH]ccc2c1. The summed E-state index contributed by atoms with van der Waals surface area (Å²) in [5.41, 5.74) is 0.567. The average molecular weight is 631 g/mol. The quantitative estimate of drug-likeness (QED) is 0.200. The van der Waals surface area contributed by atoms with E-state index >= 15 is 0 Å². The van der Waals surface area contributed by atoms with Crippen molar-refractivity contribution < 1.29 is 32.3 Å². The lowest BCUT2D eigenvalue weighted by molar-refractivity contribution is -0.385. The Labute approximate surface area is 237 Å². The highest BCUT2D eigenvalue weighted by Gasteiger charge is 2.26. The van der Waals surface area contributed by atoms with Gasteiger partial charge in [-0.3, -0.25) is 14.9 Å². The van der Waals surface area contributed by atoms with Gasteiger partial charge in [-0.25, -0.2) is 18.1 Å². The number of hydrogen-bond acceptors (Lipinski definition) is 9. The van der Waals surface area contributed by atoms with E-state index in [9.17, 15) is 23.3 Å². The van der Waals surface area contributed by atoms with Crippen LogP contribution in [0.5, 0.6) is 11.5 Å². The molecule has 1 aliphatic heterocycles. The summed E-state index contributed by atoms with van der Waals surface area (Å²) >= 11 is 3.33. The van der Waals surface area contributed by atoms with Gasteiger partial charge in [-0.1, -0.05) is 22.0 Å². The van der Waals surface area contributed by atoms with E-state index in [4.69, 9.17) is 14.2 Å². The van der Waals surface area contributed by atoms with Crippen LogP contribution in [0.1, 0.15) is 22.3 Å². The minimum absolute atomic E-state index is 0.0678. The maximum Gasteiger partial charge on any atom is 0.273 e. The van der Waals surface area contributed by atoms with Crippen molar-refractivity contribution in [2.45, 2.75) is 23.8 Å². The number of carbonyl (C=O) groups excluding carboxylic acids is 1. The van der Waals surface area contributed by atoms with Gasteiger partial charge in [-0.05, 0) is 49.2 Å². The monoisotopic (exact) mass is 630 g/mol. The summed E-state index contributed by atoms with van der Waals surface area (Å²) in [5, 5.41) is 12.5. The van der Waals surface area contributed by atoms with Crippen LogP contribution in [0.2, 0.25) is 0 Å². The Balaban J connectivity index is 1.35. The zero-order valence-corrected chi connectivity index (χ0v) is 23.2. The van der Waals surface area contributed by atoms with E-state index in [0.717, 1.165) is 11.5 Å². The number of carbonyl (C=O) groups is 1. The van der Waals surface area contributed by atoms with Crippen molar-refractivity contribution >= 4 is 48.6 Å². The van der Waals surface area contributed by atoms with Crippen LogP contribution in [0.4, 0.5) is 5.69 Å². The van der Waals surface area contributed by atoms with E-state index in [-0.39, 0.29) is 23.1 Å². The largest absolute Gasteiger partial charge is 0.455 e. The average Bonchev–Trinajstić information content (AvgIpc) is 3.40. The highest BCUT2D eigenvalue weighted by molar-refractivity contribution is 9.10. The van der Waals surface area contributed by atoms with Crippen molar-refractivity contribution in [3.63, 3.8) is 0 Å². The van der Waals surface area contributed by atoms with Crippen molar-refractivity contribution in [3.8, 4) is 11.5 Å². The number of nitrogens with one attached hydrogen (secondary N) is 2. The third kappa shape index (κ3) is 6.31. The molecule has 1 aliphatic rings. The lowest BCUT2D eigenvalue weighted by Gasteiger charge is -2.22. The highest BCUT2D eigenvalue weighted by Crippen LogP contribution is 2.31. The second-order valence-corrected chi connectivity index (χ2v) is 11.5. The Morgan fingerprint density at radius 1 is 1.20 bits per heavy atom. The molecule has 0 saturated carbocycles. The van der Waals surface area contributed by atoms with E-state index in [1.807, 2.05) is 4.72 Å². The van der Waals surface area contributed by atoms with E-state index in [0.29, 0.717) is 54.1 Å². The number of hydrogen-bond donors (Lipinski definition) is 2. The number of rotatable bonds is 9. The first-order chi connectivity index (χ1) is 19.2. The van der Waals surface area contributed by atoms with Gasteiger partial charge in [0.2, 0.25) is 0 Å². The number of amides is 1. The van der Waals surface area contributed by atoms with Crippen LogP contribution in [-0.4, -0.2) is 55.1 Å². The fourth-order valence-corrected chi connectivity index (χ4v) is 5.54. The number of halogens is 1. The zero-order valence-electron chi connectivity index (χ0n) is 20.8. The first-order valence-corrected chi connectivity index (χ1v) is 14.4. The Kier molecular flexibility index (Phi) is 8.12. The molecule has 12 nitrogen and oxygen atoms in total. The molecule has 1 saturated heterocycles. The molecule has 0 radical (unpaired) electrons. The smallest absolute Gasteiger partial charge is 0.273 e. The van der Waals surface area contributed by atoms with Gasteiger partial charge < -0.3 is 19.2 Å². The predicted octanol–water partition coefficient (Wildman–Crippen LogP) is 4.49. The number of fused-ring (bicyclic) bond motifs is 1. The molecule has 1 atom stereocenters. The molecule has 2 N–H and O–H groups in total. The van der Waals surface area contributed by atoms with Gasteiger partial charge >= 0.3 is 0 Å². The van der Waals surface area contributed by atoms with Crippen LogP contribution >= 0.6 is 15.9 Å².